The second-order valence-electron chi connectivity index (χ2n) is 5.57. The first-order chi connectivity index (χ1) is 13.4. The fourth-order valence-electron chi connectivity index (χ4n) is 2.51. The summed E-state index contributed by atoms with van der Waals surface area (Å²) in [5.74, 6) is -2.76. The molecule has 8 heteroatoms. The minimum Gasteiger partial charge on any atom is -0.494 e. The number of aromatic nitrogens is 1. The van der Waals surface area contributed by atoms with E-state index in [1.807, 2.05) is 0 Å². The molecule has 0 radical (unpaired) electrons. The zero-order chi connectivity index (χ0) is 20.3. The quantitative estimate of drug-likeness (QED) is 0.669. The Kier molecular flexibility index (Phi) is 5.39. The lowest BCUT2D eigenvalue weighted by Gasteiger charge is -2.12. The van der Waals surface area contributed by atoms with Crippen LogP contribution >= 0.6 is 0 Å². The standard InChI is InChI=1S/C20H15F2NO5/c1-26-16-5-3-4-12(18(16)22)15-9-7-13(20(24)25)19(23-15)28-11-6-8-14(21)17(10-11)27-2/h3-10H,1-2H3,(H,24,25). The molecule has 6 nitrogen and oxygen atoms in total. The molecule has 0 spiro atoms. The van der Waals surface area contributed by atoms with Gasteiger partial charge in [0, 0.05) is 11.6 Å². The highest BCUT2D eigenvalue weighted by Gasteiger charge is 2.19. The molecular formula is C20H15F2NO5. The van der Waals surface area contributed by atoms with E-state index in [9.17, 15) is 18.7 Å². The molecule has 0 aliphatic rings. The van der Waals surface area contributed by atoms with Gasteiger partial charge in [0.05, 0.1) is 19.9 Å². The van der Waals surface area contributed by atoms with E-state index in [0.717, 1.165) is 6.07 Å². The monoisotopic (exact) mass is 387 g/mol. The summed E-state index contributed by atoms with van der Waals surface area (Å²) in [6, 6.07) is 10.8. The second-order valence-corrected chi connectivity index (χ2v) is 5.57. The van der Waals surface area contributed by atoms with Crippen molar-refractivity contribution in [3.63, 3.8) is 0 Å². The third-order valence-electron chi connectivity index (χ3n) is 3.89. The van der Waals surface area contributed by atoms with Crippen LogP contribution in [0.5, 0.6) is 23.1 Å². The van der Waals surface area contributed by atoms with Crippen LogP contribution in [0.4, 0.5) is 8.78 Å². The van der Waals surface area contributed by atoms with Crippen molar-refractivity contribution < 1.29 is 32.9 Å². The molecule has 3 rings (SSSR count). The SMILES string of the molecule is COc1cc(Oc2nc(-c3cccc(OC)c3F)ccc2C(=O)O)ccc1F. The van der Waals surface area contributed by atoms with Gasteiger partial charge in [-0.05, 0) is 36.4 Å². The fourth-order valence-corrected chi connectivity index (χ4v) is 2.51. The minimum absolute atomic E-state index is 0.0207. The Morgan fingerprint density at radius 2 is 1.75 bits per heavy atom. The van der Waals surface area contributed by atoms with Crippen molar-refractivity contribution >= 4 is 5.97 Å². The van der Waals surface area contributed by atoms with Gasteiger partial charge in [0.25, 0.3) is 0 Å². The van der Waals surface area contributed by atoms with Crippen LogP contribution in [0.2, 0.25) is 0 Å². The number of hydrogen-bond acceptors (Lipinski definition) is 5. The summed E-state index contributed by atoms with van der Waals surface area (Å²) in [4.78, 5) is 15.6. The van der Waals surface area contributed by atoms with Gasteiger partial charge >= 0.3 is 5.97 Å². The molecule has 0 saturated carbocycles. The molecule has 0 atom stereocenters. The Labute approximate surface area is 158 Å². The van der Waals surface area contributed by atoms with Crippen LogP contribution in [-0.2, 0) is 0 Å². The van der Waals surface area contributed by atoms with E-state index in [0.29, 0.717) is 0 Å². The van der Waals surface area contributed by atoms with Crippen molar-refractivity contribution in [1.29, 1.82) is 0 Å². The van der Waals surface area contributed by atoms with E-state index in [-0.39, 0.29) is 39.9 Å². The fraction of sp³-hybridized carbons (Fsp3) is 0.100. The highest BCUT2D eigenvalue weighted by Crippen LogP contribution is 2.33. The van der Waals surface area contributed by atoms with Gasteiger partial charge in [0.2, 0.25) is 5.88 Å². The average molecular weight is 387 g/mol. The molecule has 2 aromatic carbocycles. The normalized spacial score (nSPS) is 10.4. The van der Waals surface area contributed by atoms with Gasteiger partial charge < -0.3 is 19.3 Å². The van der Waals surface area contributed by atoms with Crippen molar-refractivity contribution in [1.82, 2.24) is 4.98 Å². The zero-order valence-corrected chi connectivity index (χ0v) is 14.9. The minimum atomic E-state index is -1.28. The average Bonchev–Trinajstić information content (AvgIpc) is 2.69. The number of ether oxygens (including phenoxy) is 3. The second kappa shape index (κ2) is 7.91. The van der Waals surface area contributed by atoms with Crippen molar-refractivity contribution in [2.75, 3.05) is 14.2 Å². The van der Waals surface area contributed by atoms with Crippen LogP contribution in [0, 0.1) is 11.6 Å². The van der Waals surface area contributed by atoms with Crippen LogP contribution < -0.4 is 14.2 Å². The van der Waals surface area contributed by atoms with E-state index in [2.05, 4.69) is 4.98 Å². The van der Waals surface area contributed by atoms with Gasteiger partial charge in [-0.2, -0.15) is 0 Å². The molecule has 1 heterocycles. The highest BCUT2D eigenvalue weighted by molar-refractivity contribution is 5.90. The maximum atomic E-state index is 14.5. The van der Waals surface area contributed by atoms with Crippen LogP contribution in [0.25, 0.3) is 11.3 Å². The summed E-state index contributed by atoms with van der Waals surface area (Å²) in [7, 11) is 2.62. The number of carboxylic acid groups (broad SMARTS) is 1. The Hall–Kier alpha value is -3.68. The Bertz CT molecular complexity index is 1040. The van der Waals surface area contributed by atoms with Gasteiger partial charge in [0.1, 0.15) is 11.3 Å². The first-order valence-corrected chi connectivity index (χ1v) is 8.03. The number of aromatic carboxylic acids is 1. The topological polar surface area (TPSA) is 77.9 Å². The predicted molar refractivity (Wildman–Crippen MR) is 96.2 cm³/mol. The summed E-state index contributed by atoms with van der Waals surface area (Å²) < 4.78 is 43.5. The molecule has 1 N–H and O–H groups in total. The molecule has 0 bridgehead atoms. The van der Waals surface area contributed by atoms with Crippen molar-refractivity contribution in [3.05, 3.63) is 65.7 Å². The van der Waals surface area contributed by atoms with E-state index >= 15 is 0 Å². The molecule has 3 aromatic rings. The predicted octanol–water partition coefficient (Wildman–Crippen LogP) is 4.53. The van der Waals surface area contributed by atoms with Crippen molar-refractivity contribution in [2.45, 2.75) is 0 Å². The molecule has 1 aromatic heterocycles. The van der Waals surface area contributed by atoms with Gasteiger partial charge in [-0.25, -0.2) is 18.6 Å². The van der Waals surface area contributed by atoms with Gasteiger partial charge in [0.15, 0.2) is 23.1 Å². The maximum absolute atomic E-state index is 14.5. The van der Waals surface area contributed by atoms with E-state index in [1.165, 1.54) is 50.6 Å². The van der Waals surface area contributed by atoms with Gasteiger partial charge in [-0.3, -0.25) is 0 Å². The number of nitrogens with zero attached hydrogens (tertiary/aromatic N) is 1. The Morgan fingerprint density at radius 3 is 2.43 bits per heavy atom. The molecule has 0 aliphatic carbocycles. The van der Waals surface area contributed by atoms with Crippen molar-refractivity contribution in [3.8, 4) is 34.4 Å². The number of rotatable bonds is 6. The smallest absolute Gasteiger partial charge is 0.341 e. The number of pyridine rings is 1. The first kappa shape index (κ1) is 19.1. The number of halogens is 2. The Morgan fingerprint density at radius 1 is 1.00 bits per heavy atom. The Balaban J connectivity index is 2.07. The third kappa shape index (κ3) is 3.71. The molecule has 0 aliphatic heterocycles. The number of hydrogen-bond donors (Lipinski definition) is 1. The zero-order valence-electron chi connectivity index (χ0n) is 14.9. The number of methoxy groups -OCH3 is 2. The summed E-state index contributed by atoms with van der Waals surface area (Å²) in [5.41, 5.74) is 0.0126. The molecule has 0 unspecified atom stereocenters. The highest BCUT2D eigenvalue weighted by atomic mass is 19.1. The number of carboxylic acids is 1. The van der Waals surface area contributed by atoms with Gasteiger partial charge in [-0.1, -0.05) is 6.07 Å². The molecule has 28 heavy (non-hydrogen) atoms. The largest absolute Gasteiger partial charge is 0.494 e. The summed E-state index contributed by atoms with van der Waals surface area (Å²) in [6.45, 7) is 0. The molecule has 0 amide bonds. The summed E-state index contributed by atoms with van der Waals surface area (Å²) in [6.07, 6.45) is 0. The summed E-state index contributed by atoms with van der Waals surface area (Å²) in [5, 5.41) is 9.39. The van der Waals surface area contributed by atoms with E-state index < -0.39 is 17.6 Å². The number of carbonyl (C=O) groups is 1. The lowest BCUT2D eigenvalue weighted by atomic mass is 10.1. The molecule has 0 fully saturated rings. The third-order valence-corrected chi connectivity index (χ3v) is 3.89. The van der Waals surface area contributed by atoms with Crippen LogP contribution in [0.1, 0.15) is 10.4 Å². The van der Waals surface area contributed by atoms with Crippen LogP contribution in [0.3, 0.4) is 0 Å². The lowest BCUT2D eigenvalue weighted by Crippen LogP contribution is -2.04. The number of benzene rings is 2. The summed E-state index contributed by atoms with van der Waals surface area (Å²) >= 11 is 0. The molecular weight excluding hydrogens is 372 g/mol. The van der Waals surface area contributed by atoms with Crippen LogP contribution in [0.15, 0.2) is 48.5 Å². The molecule has 144 valence electrons. The maximum Gasteiger partial charge on any atom is 0.341 e. The lowest BCUT2D eigenvalue weighted by molar-refractivity contribution is 0.0693. The van der Waals surface area contributed by atoms with E-state index in [4.69, 9.17) is 14.2 Å². The van der Waals surface area contributed by atoms with Crippen molar-refractivity contribution in [2.24, 2.45) is 0 Å². The molecule has 0 saturated heterocycles. The van der Waals surface area contributed by atoms with Gasteiger partial charge in [-0.15, -0.1) is 0 Å². The van der Waals surface area contributed by atoms with Crippen LogP contribution in [-0.4, -0.2) is 30.3 Å². The first-order valence-electron chi connectivity index (χ1n) is 8.03. The van der Waals surface area contributed by atoms with E-state index in [1.54, 1.807) is 6.07 Å².